The monoisotopic (exact) mass is 327 g/mol. The van der Waals surface area contributed by atoms with Crippen molar-refractivity contribution in [2.45, 2.75) is 19.8 Å². The number of benzene rings is 1. The standard InChI is InChI=1S/C19H25N3O2/c1-15(23)17-2-3-18(13-20)19(12-17)22-6-4-16(5-7-22)14-21-8-10-24-11-9-21/h2-3,12,16H,4-11,14H2,1H3. The third-order valence-corrected chi connectivity index (χ3v) is 5.10. The van der Waals surface area contributed by atoms with Crippen molar-refractivity contribution in [1.29, 1.82) is 5.26 Å². The van der Waals surface area contributed by atoms with Gasteiger partial charge in [0.25, 0.3) is 0 Å². The SMILES string of the molecule is CC(=O)c1ccc(C#N)c(N2CCC(CN3CCOCC3)CC2)c1. The summed E-state index contributed by atoms with van der Waals surface area (Å²) in [5.41, 5.74) is 2.25. The average molecular weight is 327 g/mol. The molecule has 0 radical (unpaired) electrons. The first-order valence-electron chi connectivity index (χ1n) is 8.77. The van der Waals surface area contributed by atoms with Crippen molar-refractivity contribution in [1.82, 2.24) is 4.90 Å². The lowest BCUT2D eigenvalue weighted by Gasteiger charge is -2.37. The van der Waals surface area contributed by atoms with Gasteiger partial charge in [-0.2, -0.15) is 5.26 Å². The van der Waals surface area contributed by atoms with Crippen molar-refractivity contribution in [2.75, 3.05) is 50.8 Å². The van der Waals surface area contributed by atoms with Crippen LogP contribution >= 0.6 is 0 Å². The zero-order valence-electron chi connectivity index (χ0n) is 14.3. The van der Waals surface area contributed by atoms with E-state index in [1.54, 1.807) is 19.1 Å². The highest BCUT2D eigenvalue weighted by atomic mass is 16.5. The van der Waals surface area contributed by atoms with Gasteiger partial charge in [0.05, 0.1) is 24.5 Å². The van der Waals surface area contributed by atoms with Crippen LogP contribution in [-0.4, -0.2) is 56.6 Å². The minimum Gasteiger partial charge on any atom is -0.379 e. The number of nitriles is 1. The molecular formula is C19H25N3O2. The van der Waals surface area contributed by atoms with Gasteiger partial charge in [0, 0.05) is 38.3 Å². The van der Waals surface area contributed by atoms with E-state index < -0.39 is 0 Å². The molecule has 2 fully saturated rings. The fourth-order valence-corrected chi connectivity index (χ4v) is 3.61. The van der Waals surface area contributed by atoms with Crippen LogP contribution in [0, 0.1) is 17.2 Å². The predicted octanol–water partition coefficient (Wildman–Crippen LogP) is 2.31. The highest BCUT2D eigenvalue weighted by Gasteiger charge is 2.24. The highest BCUT2D eigenvalue weighted by Crippen LogP contribution is 2.28. The van der Waals surface area contributed by atoms with Crippen molar-refractivity contribution in [3.8, 4) is 6.07 Å². The molecule has 2 heterocycles. The average Bonchev–Trinajstić information content (AvgIpc) is 2.62. The number of piperidine rings is 1. The predicted molar refractivity (Wildman–Crippen MR) is 93.4 cm³/mol. The normalized spacial score (nSPS) is 19.9. The Labute approximate surface area is 143 Å². The maximum absolute atomic E-state index is 11.6. The van der Waals surface area contributed by atoms with Gasteiger partial charge in [0.15, 0.2) is 5.78 Å². The Bertz CT molecular complexity index is 624. The van der Waals surface area contributed by atoms with Crippen LogP contribution in [0.15, 0.2) is 18.2 Å². The van der Waals surface area contributed by atoms with Gasteiger partial charge >= 0.3 is 0 Å². The molecule has 2 saturated heterocycles. The fraction of sp³-hybridized carbons (Fsp3) is 0.579. The fourth-order valence-electron chi connectivity index (χ4n) is 3.61. The van der Waals surface area contributed by atoms with Gasteiger partial charge in [-0.3, -0.25) is 9.69 Å². The molecule has 0 N–H and O–H groups in total. The van der Waals surface area contributed by atoms with Crippen LogP contribution in [0.2, 0.25) is 0 Å². The van der Waals surface area contributed by atoms with Crippen molar-refractivity contribution in [2.24, 2.45) is 5.92 Å². The van der Waals surface area contributed by atoms with E-state index in [4.69, 9.17) is 4.74 Å². The lowest BCUT2D eigenvalue weighted by atomic mass is 9.94. The zero-order valence-corrected chi connectivity index (χ0v) is 14.3. The summed E-state index contributed by atoms with van der Waals surface area (Å²) in [6, 6.07) is 7.65. The van der Waals surface area contributed by atoms with Crippen LogP contribution in [0.25, 0.3) is 0 Å². The quantitative estimate of drug-likeness (QED) is 0.794. The Kier molecular flexibility index (Phi) is 5.49. The number of ketones is 1. The number of anilines is 1. The Morgan fingerprint density at radius 1 is 1.25 bits per heavy atom. The molecule has 0 aromatic heterocycles. The number of hydrogen-bond donors (Lipinski definition) is 0. The third-order valence-electron chi connectivity index (χ3n) is 5.10. The first-order chi connectivity index (χ1) is 11.7. The second-order valence-electron chi connectivity index (χ2n) is 6.74. The van der Waals surface area contributed by atoms with Gasteiger partial charge in [-0.15, -0.1) is 0 Å². The molecular weight excluding hydrogens is 302 g/mol. The summed E-state index contributed by atoms with van der Waals surface area (Å²) < 4.78 is 5.41. The molecule has 0 saturated carbocycles. The summed E-state index contributed by atoms with van der Waals surface area (Å²) in [5, 5.41) is 9.37. The molecule has 3 rings (SSSR count). The molecule has 1 aromatic carbocycles. The number of ether oxygens (including phenoxy) is 1. The molecule has 5 heteroatoms. The summed E-state index contributed by atoms with van der Waals surface area (Å²) in [5.74, 6) is 0.754. The molecule has 1 aromatic rings. The first-order valence-corrected chi connectivity index (χ1v) is 8.77. The van der Waals surface area contributed by atoms with Gasteiger partial charge in [-0.25, -0.2) is 0 Å². The van der Waals surface area contributed by atoms with Gasteiger partial charge in [0.2, 0.25) is 0 Å². The molecule has 5 nitrogen and oxygen atoms in total. The maximum Gasteiger partial charge on any atom is 0.159 e. The maximum atomic E-state index is 11.6. The van der Waals surface area contributed by atoms with E-state index in [1.807, 2.05) is 6.07 Å². The number of Topliss-reactive ketones (excluding diaryl/α,β-unsaturated/α-hetero) is 1. The van der Waals surface area contributed by atoms with Gasteiger partial charge < -0.3 is 9.64 Å². The number of nitrogens with zero attached hydrogens (tertiary/aromatic N) is 3. The number of morpholine rings is 1. The molecule has 2 aliphatic heterocycles. The second-order valence-corrected chi connectivity index (χ2v) is 6.74. The minimum atomic E-state index is 0.0444. The van der Waals surface area contributed by atoms with Crippen LogP contribution < -0.4 is 4.90 Å². The molecule has 128 valence electrons. The second kappa shape index (κ2) is 7.78. The largest absolute Gasteiger partial charge is 0.379 e. The number of rotatable bonds is 4. The van der Waals surface area contributed by atoms with Crippen molar-refractivity contribution in [3.63, 3.8) is 0 Å². The number of carbonyl (C=O) groups is 1. The van der Waals surface area contributed by atoms with Crippen molar-refractivity contribution in [3.05, 3.63) is 29.3 Å². The van der Waals surface area contributed by atoms with Crippen LogP contribution in [-0.2, 0) is 4.74 Å². The van der Waals surface area contributed by atoms with Gasteiger partial charge in [0.1, 0.15) is 6.07 Å². The Hall–Kier alpha value is -1.90. The lowest BCUT2D eigenvalue weighted by Crippen LogP contribution is -2.43. The molecule has 0 atom stereocenters. The lowest BCUT2D eigenvalue weighted by molar-refractivity contribution is 0.0289. The molecule has 0 aliphatic carbocycles. The van der Waals surface area contributed by atoms with E-state index in [0.29, 0.717) is 17.0 Å². The summed E-state index contributed by atoms with van der Waals surface area (Å²) in [6.45, 7) is 8.40. The van der Waals surface area contributed by atoms with Crippen molar-refractivity contribution < 1.29 is 9.53 Å². The molecule has 0 spiro atoms. The van der Waals surface area contributed by atoms with E-state index in [-0.39, 0.29) is 5.78 Å². The topological polar surface area (TPSA) is 56.6 Å². The summed E-state index contributed by atoms with van der Waals surface area (Å²) in [6.07, 6.45) is 2.26. The van der Waals surface area contributed by atoms with Crippen LogP contribution in [0.3, 0.4) is 0 Å². The van der Waals surface area contributed by atoms with E-state index >= 15 is 0 Å². The summed E-state index contributed by atoms with van der Waals surface area (Å²) in [7, 11) is 0. The molecule has 0 unspecified atom stereocenters. The molecule has 0 amide bonds. The third kappa shape index (κ3) is 3.95. The smallest absolute Gasteiger partial charge is 0.159 e. The Balaban J connectivity index is 1.62. The molecule has 0 bridgehead atoms. The minimum absolute atomic E-state index is 0.0444. The van der Waals surface area contributed by atoms with E-state index in [0.717, 1.165) is 64.5 Å². The summed E-state index contributed by atoms with van der Waals surface area (Å²) >= 11 is 0. The highest BCUT2D eigenvalue weighted by molar-refractivity contribution is 5.95. The zero-order chi connectivity index (χ0) is 16.9. The van der Waals surface area contributed by atoms with E-state index in [2.05, 4.69) is 15.9 Å². The van der Waals surface area contributed by atoms with E-state index in [9.17, 15) is 10.1 Å². The van der Waals surface area contributed by atoms with Crippen LogP contribution in [0.5, 0.6) is 0 Å². The van der Waals surface area contributed by atoms with Gasteiger partial charge in [-0.1, -0.05) is 0 Å². The van der Waals surface area contributed by atoms with Crippen LogP contribution in [0.4, 0.5) is 5.69 Å². The number of hydrogen-bond acceptors (Lipinski definition) is 5. The molecule has 2 aliphatic rings. The van der Waals surface area contributed by atoms with Crippen LogP contribution in [0.1, 0.15) is 35.7 Å². The Morgan fingerprint density at radius 2 is 1.96 bits per heavy atom. The van der Waals surface area contributed by atoms with Gasteiger partial charge in [-0.05, 0) is 43.9 Å². The Morgan fingerprint density at radius 3 is 2.58 bits per heavy atom. The first kappa shape index (κ1) is 16.9. The van der Waals surface area contributed by atoms with Crippen molar-refractivity contribution >= 4 is 11.5 Å². The number of carbonyl (C=O) groups excluding carboxylic acids is 1. The summed E-state index contributed by atoms with van der Waals surface area (Å²) in [4.78, 5) is 16.4. The van der Waals surface area contributed by atoms with E-state index in [1.165, 1.54) is 0 Å². The molecule has 24 heavy (non-hydrogen) atoms.